The standard InChI is InChI=1S/C19H19N3OS/c1-2-6-18(23)20-16-11-9-14(10-12-16)17-13-24-19(22-17)21-15-7-4-3-5-8-15/h3-5,7-13H,2,6H2,1H3,(H,20,23)(H,21,22). The first kappa shape index (κ1) is 16.2. The second-order valence-corrected chi connectivity index (χ2v) is 6.26. The zero-order chi connectivity index (χ0) is 16.8. The lowest BCUT2D eigenvalue weighted by atomic mass is 10.1. The molecule has 0 atom stereocenters. The summed E-state index contributed by atoms with van der Waals surface area (Å²) >= 11 is 1.57. The van der Waals surface area contributed by atoms with E-state index in [1.807, 2.05) is 66.9 Å². The number of nitrogens with zero attached hydrogens (tertiary/aromatic N) is 1. The van der Waals surface area contributed by atoms with Crippen molar-refractivity contribution in [3.8, 4) is 11.3 Å². The van der Waals surface area contributed by atoms with Crippen LogP contribution >= 0.6 is 11.3 Å². The average molecular weight is 337 g/mol. The third-order valence-corrected chi connectivity index (χ3v) is 4.23. The lowest BCUT2D eigenvalue weighted by molar-refractivity contribution is -0.116. The molecule has 0 radical (unpaired) electrons. The summed E-state index contributed by atoms with van der Waals surface area (Å²) in [5.41, 5.74) is 3.79. The van der Waals surface area contributed by atoms with Crippen LogP contribution in [0.1, 0.15) is 19.8 Å². The third-order valence-electron chi connectivity index (χ3n) is 3.47. The second-order valence-electron chi connectivity index (χ2n) is 5.40. The minimum absolute atomic E-state index is 0.0493. The van der Waals surface area contributed by atoms with Crippen molar-refractivity contribution in [1.29, 1.82) is 0 Å². The van der Waals surface area contributed by atoms with E-state index in [-0.39, 0.29) is 5.91 Å². The van der Waals surface area contributed by atoms with Crippen LogP contribution in [0.2, 0.25) is 0 Å². The van der Waals surface area contributed by atoms with Crippen LogP contribution in [-0.2, 0) is 4.79 Å². The molecule has 3 aromatic rings. The van der Waals surface area contributed by atoms with Gasteiger partial charge in [-0.05, 0) is 30.7 Å². The first-order chi connectivity index (χ1) is 11.7. The van der Waals surface area contributed by atoms with Crippen LogP contribution in [0.4, 0.5) is 16.5 Å². The van der Waals surface area contributed by atoms with Crippen LogP contribution in [0.15, 0.2) is 60.0 Å². The number of carbonyl (C=O) groups excluding carboxylic acids is 1. The van der Waals surface area contributed by atoms with Gasteiger partial charge in [0, 0.05) is 28.7 Å². The van der Waals surface area contributed by atoms with Gasteiger partial charge in [-0.2, -0.15) is 0 Å². The fraction of sp³-hybridized carbons (Fsp3) is 0.158. The molecule has 1 heterocycles. The summed E-state index contributed by atoms with van der Waals surface area (Å²) in [6, 6.07) is 17.7. The summed E-state index contributed by atoms with van der Waals surface area (Å²) in [5.74, 6) is 0.0493. The van der Waals surface area contributed by atoms with Gasteiger partial charge in [0.15, 0.2) is 5.13 Å². The first-order valence-corrected chi connectivity index (χ1v) is 8.80. The molecule has 2 N–H and O–H groups in total. The summed E-state index contributed by atoms with van der Waals surface area (Å²) in [5, 5.41) is 9.07. The minimum Gasteiger partial charge on any atom is -0.332 e. The molecule has 1 aromatic heterocycles. The Morgan fingerprint density at radius 1 is 1.04 bits per heavy atom. The van der Waals surface area contributed by atoms with Crippen LogP contribution in [0.5, 0.6) is 0 Å². The molecule has 0 saturated heterocycles. The number of nitrogens with one attached hydrogen (secondary N) is 2. The number of aromatic nitrogens is 1. The van der Waals surface area contributed by atoms with Crippen molar-refractivity contribution in [3.63, 3.8) is 0 Å². The molecule has 0 spiro atoms. The predicted octanol–water partition coefficient (Wildman–Crippen LogP) is 5.29. The van der Waals surface area contributed by atoms with Gasteiger partial charge in [0.25, 0.3) is 0 Å². The van der Waals surface area contributed by atoms with Gasteiger partial charge in [0.05, 0.1) is 5.69 Å². The van der Waals surface area contributed by atoms with E-state index in [0.29, 0.717) is 6.42 Å². The highest BCUT2D eigenvalue weighted by Gasteiger charge is 2.06. The van der Waals surface area contributed by atoms with Gasteiger partial charge >= 0.3 is 0 Å². The summed E-state index contributed by atoms with van der Waals surface area (Å²) in [6.07, 6.45) is 1.39. The maximum atomic E-state index is 11.6. The number of hydrogen-bond donors (Lipinski definition) is 2. The van der Waals surface area contributed by atoms with E-state index in [9.17, 15) is 4.79 Å². The maximum absolute atomic E-state index is 11.6. The van der Waals surface area contributed by atoms with Crippen molar-refractivity contribution < 1.29 is 4.79 Å². The zero-order valence-electron chi connectivity index (χ0n) is 13.5. The maximum Gasteiger partial charge on any atom is 0.224 e. The SMILES string of the molecule is CCCC(=O)Nc1ccc(-c2csc(Nc3ccccc3)n2)cc1. The number of thiazole rings is 1. The number of carbonyl (C=O) groups is 1. The topological polar surface area (TPSA) is 54.0 Å². The van der Waals surface area contributed by atoms with Gasteiger partial charge in [-0.15, -0.1) is 11.3 Å². The molecule has 0 unspecified atom stereocenters. The van der Waals surface area contributed by atoms with Gasteiger partial charge in [-0.25, -0.2) is 4.98 Å². The Morgan fingerprint density at radius 2 is 1.79 bits per heavy atom. The van der Waals surface area contributed by atoms with Crippen LogP contribution in [0.25, 0.3) is 11.3 Å². The Morgan fingerprint density at radius 3 is 2.50 bits per heavy atom. The Hall–Kier alpha value is -2.66. The van der Waals surface area contributed by atoms with Crippen LogP contribution < -0.4 is 10.6 Å². The molecule has 2 aromatic carbocycles. The summed E-state index contributed by atoms with van der Waals surface area (Å²) < 4.78 is 0. The lowest BCUT2D eigenvalue weighted by Crippen LogP contribution is -2.10. The molecule has 0 aliphatic carbocycles. The van der Waals surface area contributed by atoms with Gasteiger partial charge in [-0.3, -0.25) is 4.79 Å². The normalized spacial score (nSPS) is 10.4. The second kappa shape index (κ2) is 7.75. The van der Waals surface area contributed by atoms with Crippen LogP contribution in [0, 0.1) is 0 Å². The molecule has 0 aliphatic rings. The highest BCUT2D eigenvalue weighted by atomic mass is 32.1. The van der Waals surface area contributed by atoms with E-state index in [0.717, 1.165) is 34.2 Å². The van der Waals surface area contributed by atoms with E-state index in [1.54, 1.807) is 11.3 Å². The third kappa shape index (κ3) is 4.20. The number of para-hydroxylation sites is 1. The average Bonchev–Trinajstić information content (AvgIpc) is 3.05. The van der Waals surface area contributed by atoms with E-state index in [4.69, 9.17) is 0 Å². The van der Waals surface area contributed by atoms with E-state index < -0.39 is 0 Å². The molecule has 0 aliphatic heterocycles. The van der Waals surface area contributed by atoms with Crippen molar-refractivity contribution in [2.24, 2.45) is 0 Å². The molecule has 4 nitrogen and oxygen atoms in total. The van der Waals surface area contributed by atoms with E-state index >= 15 is 0 Å². The Balaban J connectivity index is 1.67. The monoisotopic (exact) mass is 337 g/mol. The summed E-state index contributed by atoms with van der Waals surface area (Å²) in [7, 11) is 0. The van der Waals surface area contributed by atoms with Gasteiger partial charge in [0.2, 0.25) is 5.91 Å². The highest BCUT2D eigenvalue weighted by molar-refractivity contribution is 7.14. The highest BCUT2D eigenvalue weighted by Crippen LogP contribution is 2.27. The molecule has 122 valence electrons. The first-order valence-electron chi connectivity index (χ1n) is 7.92. The molecule has 24 heavy (non-hydrogen) atoms. The smallest absolute Gasteiger partial charge is 0.224 e. The number of hydrogen-bond acceptors (Lipinski definition) is 4. The molecule has 0 bridgehead atoms. The van der Waals surface area contributed by atoms with Gasteiger partial charge < -0.3 is 10.6 Å². The number of benzene rings is 2. The Bertz CT molecular complexity index is 797. The van der Waals surface area contributed by atoms with Crippen molar-refractivity contribution >= 4 is 33.8 Å². The number of rotatable bonds is 6. The number of amides is 1. The molecular formula is C19H19N3OS. The summed E-state index contributed by atoms with van der Waals surface area (Å²) in [6.45, 7) is 1.99. The lowest BCUT2D eigenvalue weighted by Gasteiger charge is -2.05. The molecule has 0 saturated carbocycles. The summed E-state index contributed by atoms with van der Waals surface area (Å²) in [4.78, 5) is 16.2. The molecule has 3 rings (SSSR count). The Kier molecular flexibility index (Phi) is 5.23. The van der Waals surface area contributed by atoms with Crippen molar-refractivity contribution in [1.82, 2.24) is 4.98 Å². The molecule has 0 fully saturated rings. The van der Waals surface area contributed by atoms with Crippen LogP contribution in [0.3, 0.4) is 0 Å². The fourth-order valence-electron chi connectivity index (χ4n) is 2.28. The number of anilines is 3. The van der Waals surface area contributed by atoms with Gasteiger partial charge in [-0.1, -0.05) is 37.3 Å². The van der Waals surface area contributed by atoms with Crippen molar-refractivity contribution in [3.05, 3.63) is 60.0 Å². The molecular weight excluding hydrogens is 318 g/mol. The van der Waals surface area contributed by atoms with E-state index in [1.165, 1.54) is 0 Å². The quantitative estimate of drug-likeness (QED) is 0.642. The van der Waals surface area contributed by atoms with Gasteiger partial charge in [0.1, 0.15) is 0 Å². The zero-order valence-corrected chi connectivity index (χ0v) is 14.3. The van der Waals surface area contributed by atoms with Crippen molar-refractivity contribution in [2.45, 2.75) is 19.8 Å². The largest absolute Gasteiger partial charge is 0.332 e. The van der Waals surface area contributed by atoms with E-state index in [2.05, 4.69) is 15.6 Å². The molecule has 5 heteroatoms. The Labute approximate surface area is 145 Å². The minimum atomic E-state index is 0.0493. The molecule has 1 amide bonds. The predicted molar refractivity (Wildman–Crippen MR) is 101 cm³/mol. The van der Waals surface area contributed by atoms with Crippen molar-refractivity contribution in [2.75, 3.05) is 10.6 Å². The fourth-order valence-corrected chi connectivity index (χ4v) is 3.02. The van der Waals surface area contributed by atoms with Crippen LogP contribution in [-0.4, -0.2) is 10.9 Å².